The first-order valence-electron chi connectivity index (χ1n) is 7.06. The van der Waals surface area contributed by atoms with Crippen LogP contribution in [0.3, 0.4) is 0 Å². The van der Waals surface area contributed by atoms with Gasteiger partial charge in [0.15, 0.2) is 5.78 Å². The minimum atomic E-state index is -3.49. The molecule has 2 aliphatic carbocycles. The summed E-state index contributed by atoms with van der Waals surface area (Å²) in [5, 5.41) is 8.90. The van der Waals surface area contributed by atoms with Crippen molar-refractivity contribution in [1.82, 2.24) is 4.31 Å². The van der Waals surface area contributed by atoms with E-state index in [-0.39, 0.29) is 30.3 Å². The van der Waals surface area contributed by atoms with Crippen molar-refractivity contribution in [3.8, 4) is 0 Å². The third-order valence-electron chi connectivity index (χ3n) is 5.43. The molecule has 5 nitrogen and oxygen atoms in total. The Morgan fingerprint density at radius 3 is 3.00 bits per heavy atom. The van der Waals surface area contributed by atoms with Gasteiger partial charge in [-0.05, 0) is 25.3 Å². The van der Waals surface area contributed by atoms with E-state index in [0.717, 1.165) is 0 Å². The molecule has 0 aromatic heterocycles. The topological polar surface area (TPSA) is 74.7 Å². The molecule has 4 aliphatic rings. The zero-order valence-electron chi connectivity index (χ0n) is 11.0. The molecule has 4 rings (SSSR count). The van der Waals surface area contributed by atoms with E-state index in [4.69, 9.17) is 0 Å². The van der Waals surface area contributed by atoms with Gasteiger partial charge >= 0.3 is 0 Å². The predicted molar refractivity (Wildman–Crippen MR) is 72.3 cm³/mol. The minimum absolute atomic E-state index is 0.0412. The van der Waals surface area contributed by atoms with Gasteiger partial charge in [0.2, 0.25) is 10.0 Å². The van der Waals surface area contributed by atoms with Crippen LogP contribution in [0.25, 0.3) is 0 Å². The Morgan fingerprint density at radius 2 is 2.25 bits per heavy atom. The van der Waals surface area contributed by atoms with Crippen molar-refractivity contribution in [2.24, 2.45) is 11.8 Å². The molecule has 1 spiro atoms. The highest BCUT2D eigenvalue weighted by Gasteiger charge is 2.68. The Hall–Kier alpha value is -0.980. The summed E-state index contributed by atoms with van der Waals surface area (Å²) in [7, 11) is -3.49. The number of hydrogen-bond donors (Lipinski definition) is 1. The van der Waals surface area contributed by atoms with Crippen molar-refractivity contribution in [3.05, 3.63) is 24.3 Å². The highest BCUT2D eigenvalue weighted by molar-refractivity contribution is 7.90. The van der Waals surface area contributed by atoms with Crippen molar-refractivity contribution < 1.29 is 18.3 Å². The molecule has 2 aliphatic heterocycles. The Kier molecular flexibility index (Phi) is 2.43. The number of hydrogen-bond acceptors (Lipinski definition) is 4. The van der Waals surface area contributed by atoms with Crippen LogP contribution in [0.2, 0.25) is 0 Å². The number of rotatable bonds is 1. The summed E-state index contributed by atoms with van der Waals surface area (Å²) in [5.74, 6) is -0.377. The van der Waals surface area contributed by atoms with Crippen LogP contribution in [-0.2, 0) is 14.8 Å². The first-order valence-corrected chi connectivity index (χ1v) is 8.56. The number of ketones is 1. The molecule has 1 N–H and O–H groups in total. The van der Waals surface area contributed by atoms with E-state index in [1.165, 1.54) is 4.31 Å². The standard InChI is InChI=1S/C14H17NO4S/c16-8-9-4-6-14-7-5-11(17)10-2-1-3-12(13(10)14)20(18,19)15(9)14/h1,3,5,7,9-10,12-13,16H,2,4,6,8H2/t9-,10+,12-,13+,14+/m0/s1. The summed E-state index contributed by atoms with van der Waals surface area (Å²) < 4.78 is 27.2. The average molecular weight is 295 g/mol. The normalized spacial score (nSPS) is 48.4. The molecular weight excluding hydrogens is 278 g/mol. The Labute approximate surface area is 118 Å². The molecule has 0 aromatic rings. The number of aliphatic hydroxyl groups excluding tert-OH is 1. The lowest BCUT2D eigenvalue weighted by molar-refractivity contribution is -0.121. The van der Waals surface area contributed by atoms with Crippen LogP contribution in [0.5, 0.6) is 0 Å². The lowest BCUT2D eigenvalue weighted by Gasteiger charge is -2.41. The second-order valence-corrected chi connectivity index (χ2v) is 8.17. The number of aliphatic hydroxyl groups is 1. The molecule has 0 radical (unpaired) electrons. The van der Waals surface area contributed by atoms with Crippen LogP contribution in [0.15, 0.2) is 24.3 Å². The van der Waals surface area contributed by atoms with E-state index in [9.17, 15) is 18.3 Å². The van der Waals surface area contributed by atoms with Gasteiger partial charge < -0.3 is 5.11 Å². The predicted octanol–water partition coefficient (Wildman–Crippen LogP) is 0.225. The van der Waals surface area contributed by atoms with Gasteiger partial charge in [-0.15, -0.1) is 0 Å². The Bertz CT molecular complexity index is 638. The Balaban J connectivity index is 1.97. The average Bonchev–Trinajstić information content (AvgIpc) is 2.90. The molecule has 5 atom stereocenters. The third kappa shape index (κ3) is 1.25. The number of carbonyl (C=O) groups is 1. The number of nitrogens with zero attached hydrogens (tertiary/aromatic N) is 1. The monoisotopic (exact) mass is 295 g/mol. The van der Waals surface area contributed by atoms with Crippen LogP contribution in [0.4, 0.5) is 0 Å². The van der Waals surface area contributed by atoms with Crippen LogP contribution in [0.1, 0.15) is 19.3 Å². The third-order valence-corrected chi connectivity index (χ3v) is 7.76. The van der Waals surface area contributed by atoms with Crippen molar-refractivity contribution in [3.63, 3.8) is 0 Å². The summed E-state index contributed by atoms with van der Waals surface area (Å²) >= 11 is 0. The number of carbonyl (C=O) groups excluding carboxylic acids is 1. The smallest absolute Gasteiger partial charge is 0.222 e. The second-order valence-electron chi connectivity index (χ2n) is 6.20. The quantitative estimate of drug-likeness (QED) is 0.703. The van der Waals surface area contributed by atoms with E-state index < -0.39 is 20.8 Å². The van der Waals surface area contributed by atoms with Gasteiger partial charge in [0.1, 0.15) is 0 Å². The van der Waals surface area contributed by atoms with Gasteiger partial charge in [0.25, 0.3) is 0 Å². The molecule has 108 valence electrons. The van der Waals surface area contributed by atoms with E-state index in [1.54, 1.807) is 18.2 Å². The molecule has 2 heterocycles. The summed E-state index contributed by atoms with van der Waals surface area (Å²) in [4.78, 5) is 12.1. The van der Waals surface area contributed by atoms with Crippen molar-refractivity contribution in [2.45, 2.75) is 36.1 Å². The molecule has 0 aromatic carbocycles. The SMILES string of the molecule is O=C1C=C[C@@]23CC[C@@H](CO)N2S(=O)(=O)[C@H]2C=CC[C@H]1[C@H]23. The summed E-state index contributed by atoms with van der Waals surface area (Å²) in [6, 6.07) is -0.350. The first kappa shape index (κ1) is 12.7. The Morgan fingerprint density at radius 1 is 1.45 bits per heavy atom. The minimum Gasteiger partial charge on any atom is -0.395 e. The zero-order valence-corrected chi connectivity index (χ0v) is 11.8. The van der Waals surface area contributed by atoms with Crippen LogP contribution < -0.4 is 0 Å². The summed E-state index contributed by atoms with van der Waals surface area (Å²) in [6.07, 6.45) is 8.91. The number of sulfonamides is 1. The van der Waals surface area contributed by atoms with E-state index >= 15 is 0 Å². The second kappa shape index (κ2) is 3.81. The largest absolute Gasteiger partial charge is 0.395 e. The lowest BCUT2D eigenvalue weighted by Crippen LogP contribution is -2.51. The fourth-order valence-electron chi connectivity index (χ4n) is 4.70. The maximum absolute atomic E-state index is 12.8. The van der Waals surface area contributed by atoms with Crippen LogP contribution >= 0.6 is 0 Å². The highest BCUT2D eigenvalue weighted by atomic mass is 32.2. The molecule has 2 fully saturated rings. The fourth-order valence-corrected chi connectivity index (χ4v) is 7.41. The van der Waals surface area contributed by atoms with Crippen molar-refractivity contribution in [2.75, 3.05) is 6.61 Å². The molecule has 0 amide bonds. The molecular formula is C14H17NO4S. The highest BCUT2D eigenvalue weighted by Crippen LogP contribution is 2.57. The van der Waals surface area contributed by atoms with E-state index in [0.29, 0.717) is 19.3 Å². The lowest BCUT2D eigenvalue weighted by atomic mass is 9.65. The summed E-state index contributed by atoms with van der Waals surface area (Å²) in [6.45, 7) is -0.156. The van der Waals surface area contributed by atoms with Gasteiger partial charge in [0.05, 0.1) is 17.4 Å². The fraction of sp³-hybridized carbons (Fsp3) is 0.643. The van der Waals surface area contributed by atoms with Gasteiger partial charge in [0, 0.05) is 17.9 Å². The van der Waals surface area contributed by atoms with Gasteiger partial charge in [-0.25, -0.2) is 8.42 Å². The maximum Gasteiger partial charge on any atom is 0.222 e. The number of allylic oxidation sites excluding steroid dienone is 2. The van der Waals surface area contributed by atoms with Gasteiger partial charge in [-0.1, -0.05) is 18.2 Å². The molecule has 2 saturated heterocycles. The van der Waals surface area contributed by atoms with E-state index in [1.807, 2.05) is 6.08 Å². The van der Waals surface area contributed by atoms with Crippen molar-refractivity contribution >= 4 is 15.8 Å². The van der Waals surface area contributed by atoms with Gasteiger partial charge in [-0.3, -0.25) is 4.79 Å². The maximum atomic E-state index is 12.8. The first-order chi connectivity index (χ1) is 9.52. The molecule has 0 saturated carbocycles. The molecule has 0 unspecified atom stereocenters. The summed E-state index contributed by atoms with van der Waals surface area (Å²) in [5.41, 5.74) is -0.583. The van der Waals surface area contributed by atoms with E-state index in [2.05, 4.69) is 0 Å². The van der Waals surface area contributed by atoms with Crippen LogP contribution in [0, 0.1) is 11.8 Å². The van der Waals surface area contributed by atoms with Gasteiger partial charge in [-0.2, -0.15) is 4.31 Å². The molecule has 20 heavy (non-hydrogen) atoms. The van der Waals surface area contributed by atoms with Crippen LogP contribution in [-0.4, -0.2) is 47.1 Å². The molecule has 0 bridgehead atoms. The zero-order chi connectivity index (χ0) is 14.1. The molecule has 6 heteroatoms. The van der Waals surface area contributed by atoms with Crippen molar-refractivity contribution in [1.29, 1.82) is 0 Å².